The van der Waals surface area contributed by atoms with Crippen LogP contribution in [0.25, 0.3) is 5.70 Å². The highest BCUT2D eigenvalue weighted by atomic mass is 32.2. The van der Waals surface area contributed by atoms with E-state index in [9.17, 15) is 9.90 Å². The van der Waals surface area contributed by atoms with Crippen LogP contribution >= 0.6 is 11.8 Å². The number of hydrazone groups is 1. The Balaban J connectivity index is 1.83. The van der Waals surface area contributed by atoms with Gasteiger partial charge >= 0.3 is 0 Å². The maximum Gasteiger partial charge on any atom is 0.276 e. The molecule has 29 heavy (non-hydrogen) atoms. The van der Waals surface area contributed by atoms with Crippen molar-refractivity contribution in [1.82, 2.24) is 10.3 Å². The van der Waals surface area contributed by atoms with Crippen LogP contribution in [0.15, 0.2) is 52.6 Å². The molecule has 2 aromatic carbocycles. The molecule has 2 heterocycles. The van der Waals surface area contributed by atoms with E-state index in [-0.39, 0.29) is 11.7 Å². The number of hydrogen-bond acceptors (Lipinski definition) is 7. The number of thioether (sulfide) groups is 1. The number of amides is 1. The number of benzene rings is 2. The number of rotatable bonds is 5. The number of hydrogen-bond donors (Lipinski definition) is 2. The molecule has 2 N–H and O–H groups in total. The van der Waals surface area contributed by atoms with E-state index < -0.39 is 6.17 Å². The summed E-state index contributed by atoms with van der Waals surface area (Å²) >= 11 is 1.52. The summed E-state index contributed by atoms with van der Waals surface area (Å²) < 4.78 is 5.14. The fourth-order valence-electron chi connectivity index (χ4n) is 3.29. The molecule has 0 radical (unpaired) electrons. The molecule has 1 amide bonds. The number of fused-ring (bicyclic) bond motifs is 2. The van der Waals surface area contributed by atoms with Crippen molar-refractivity contribution in [2.45, 2.75) is 25.9 Å². The van der Waals surface area contributed by atoms with Gasteiger partial charge in [-0.3, -0.25) is 15.1 Å². The molecule has 7 nitrogen and oxygen atoms in total. The molecular formula is C21H22N4O3S. The van der Waals surface area contributed by atoms with Crippen LogP contribution in [0, 0.1) is 0 Å². The second-order valence-corrected chi connectivity index (χ2v) is 7.79. The molecule has 8 heteroatoms. The average Bonchev–Trinajstić information content (AvgIpc) is 2.73. The molecule has 2 aliphatic heterocycles. The molecule has 0 aliphatic carbocycles. The van der Waals surface area contributed by atoms with Crippen molar-refractivity contribution in [2.75, 3.05) is 12.9 Å². The number of amidine groups is 1. The Bertz CT molecular complexity index is 1100. The quantitative estimate of drug-likeness (QED) is 0.737. The first-order valence-electron chi connectivity index (χ1n) is 9.48. The van der Waals surface area contributed by atoms with Gasteiger partial charge in [-0.15, -0.1) is 5.10 Å². The fraction of sp³-hybridized carbons (Fsp3) is 0.286. The third-order valence-electron chi connectivity index (χ3n) is 4.75. The number of ether oxygens (including phenoxy) is 1. The van der Waals surface area contributed by atoms with E-state index in [1.54, 1.807) is 17.1 Å². The van der Waals surface area contributed by atoms with Crippen LogP contribution in [0.4, 0.5) is 0 Å². The van der Waals surface area contributed by atoms with Gasteiger partial charge < -0.3 is 9.84 Å². The number of phenolic OH excluding ortho intramolecular Hbond substituents is 1. The lowest BCUT2D eigenvalue weighted by molar-refractivity contribution is -0.116. The van der Waals surface area contributed by atoms with Crippen LogP contribution < -0.4 is 20.6 Å². The van der Waals surface area contributed by atoms with Crippen molar-refractivity contribution in [3.8, 4) is 11.5 Å². The second-order valence-electron chi connectivity index (χ2n) is 6.71. The van der Waals surface area contributed by atoms with E-state index in [1.807, 2.05) is 30.3 Å². The van der Waals surface area contributed by atoms with Crippen molar-refractivity contribution in [3.63, 3.8) is 0 Å². The van der Waals surface area contributed by atoms with Crippen LogP contribution in [0.1, 0.15) is 31.5 Å². The van der Waals surface area contributed by atoms with Crippen molar-refractivity contribution in [2.24, 2.45) is 10.1 Å². The number of aromatic hydroxyl groups is 1. The van der Waals surface area contributed by atoms with E-state index in [1.165, 1.54) is 18.9 Å². The Morgan fingerprint density at radius 2 is 2.10 bits per heavy atom. The van der Waals surface area contributed by atoms with Crippen LogP contribution in [0.5, 0.6) is 11.5 Å². The van der Waals surface area contributed by atoms with Gasteiger partial charge in [-0.05, 0) is 24.6 Å². The van der Waals surface area contributed by atoms with Gasteiger partial charge in [0.2, 0.25) is 0 Å². The first-order chi connectivity index (χ1) is 14.1. The lowest BCUT2D eigenvalue weighted by atomic mass is 10.1. The molecular weight excluding hydrogens is 388 g/mol. The number of nitrogens with zero attached hydrogens (tertiary/aromatic N) is 3. The monoisotopic (exact) mass is 410 g/mol. The number of carbonyl (C=O) groups excluding carboxylic acids is 1. The van der Waals surface area contributed by atoms with Crippen LogP contribution in [-0.2, 0) is 4.79 Å². The van der Waals surface area contributed by atoms with Gasteiger partial charge in [-0.1, -0.05) is 49.4 Å². The summed E-state index contributed by atoms with van der Waals surface area (Å²) in [4.78, 5) is 17.8. The summed E-state index contributed by atoms with van der Waals surface area (Å²) in [7, 11) is 1.50. The van der Waals surface area contributed by atoms with Gasteiger partial charge in [0, 0.05) is 16.5 Å². The normalized spacial score (nSPS) is 17.7. The molecule has 0 aromatic heterocycles. The summed E-state index contributed by atoms with van der Waals surface area (Å²) in [6, 6.07) is 12.6. The first-order valence-corrected chi connectivity index (χ1v) is 10.5. The van der Waals surface area contributed by atoms with Gasteiger partial charge in [-0.25, -0.2) is 5.01 Å². The second kappa shape index (κ2) is 8.16. The number of unbranched alkanes of at least 4 members (excludes halogenated alkanes) is 1. The van der Waals surface area contributed by atoms with Crippen LogP contribution in [0.3, 0.4) is 0 Å². The highest BCUT2D eigenvalue weighted by Crippen LogP contribution is 2.35. The van der Waals surface area contributed by atoms with E-state index in [2.05, 4.69) is 12.2 Å². The zero-order chi connectivity index (χ0) is 20.4. The Morgan fingerprint density at radius 3 is 2.86 bits per heavy atom. The summed E-state index contributed by atoms with van der Waals surface area (Å²) in [5.74, 6) is 1.07. The predicted molar refractivity (Wildman–Crippen MR) is 113 cm³/mol. The molecule has 4 rings (SSSR count). The number of phenols is 1. The Labute approximate surface area is 172 Å². The minimum absolute atomic E-state index is 0.0172. The van der Waals surface area contributed by atoms with E-state index in [4.69, 9.17) is 14.8 Å². The van der Waals surface area contributed by atoms with Gasteiger partial charge in [0.25, 0.3) is 5.91 Å². The minimum atomic E-state index is -0.565. The summed E-state index contributed by atoms with van der Waals surface area (Å²) in [6.07, 6.45) is 1.55. The Morgan fingerprint density at radius 1 is 1.28 bits per heavy atom. The van der Waals surface area contributed by atoms with Gasteiger partial charge in [0.1, 0.15) is 5.70 Å². The molecule has 2 aromatic rings. The van der Waals surface area contributed by atoms with Gasteiger partial charge in [0.05, 0.1) is 12.5 Å². The third kappa shape index (κ3) is 3.67. The molecule has 0 fully saturated rings. The SMILES string of the molecule is CCCCSC1=NN2C(=c3ccccc3=NC2c2ccc(OC)c(O)c2)C(=O)N1. The number of para-hydroxylation sites is 1. The number of carbonyl (C=O) groups is 1. The molecule has 0 saturated heterocycles. The standard InChI is InChI=1S/C21H22N4O3S/c1-3-4-11-29-21-23-20(27)18-14-7-5-6-8-15(14)22-19(25(18)24-21)13-9-10-17(28-2)16(26)12-13/h5-10,12,19,26H,3-4,11H2,1-2H3,(H,23,24,27). The smallest absolute Gasteiger partial charge is 0.276 e. The van der Waals surface area contributed by atoms with Gasteiger partial charge in [-0.2, -0.15) is 0 Å². The van der Waals surface area contributed by atoms with Crippen molar-refractivity contribution in [3.05, 3.63) is 58.6 Å². The fourth-order valence-corrected chi connectivity index (χ4v) is 4.23. The summed E-state index contributed by atoms with van der Waals surface area (Å²) in [5, 5.41) is 21.5. The maximum absolute atomic E-state index is 13.0. The lowest BCUT2D eigenvalue weighted by Gasteiger charge is -2.34. The highest BCUT2D eigenvalue weighted by Gasteiger charge is 2.34. The lowest BCUT2D eigenvalue weighted by Crippen LogP contribution is -2.50. The average molecular weight is 410 g/mol. The minimum Gasteiger partial charge on any atom is -0.504 e. The maximum atomic E-state index is 13.0. The predicted octanol–water partition coefficient (Wildman–Crippen LogP) is 2.08. The highest BCUT2D eigenvalue weighted by molar-refractivity contribution is 8.13. The van der Waals surface area contributed by atoms with Crippen molar-refractivity contribution < 1.29 is 14.6 Å². The van der Waals surface area contributed by atoms with E-state index >= 15 is 0 Å². The zero-order valence-corrected chi connectivity index (χ0v) is 17.1. The van der Waals surface area contributed by atoms with Crippen molar-refractivity contribution >= 4 is 28.5 Å². The third-order valence-corrected chi connectivity index (χ3v) is 5.70. The molecule has 150 valence electrons. The zero-order valence-electron chi connectivity index (χ0n) is 16.3. The molecule has 0 saturated carbocycles. The number of nitrogens with one attached hydrogen (secondary N) is 1. The number of methoxy groups -OCH3 is 1. The van der Waals surface area contributed by atoms with Crippen LogP contribution in [0.2, 0.25) is 0 Å². The molecule has 2 aliphatic rings. The molecule has 0 bridgehead atoms. The largest absolute Gasteiger partial charge is 0.504 e. The van der Waals surface area contributed by atoms with Crippen LogP contribution in [-0.4, -0.2) is 34.1 Å². The topological polar surface area (TPSA) is 86.5 Å². The van der Waals surface area contributed by atoms with Crippen molar-refractivity contribution in [1.29, 1.82) is 0 Å². The van der Waals surface area contributed by atoms with Gasteiger partial charge in [0.15, 0.2) is 22.8 Å². The van der Waals surface area contributed by atoms with E-state index in [0.717, 1.165) is 23.8 Å². The molecule has 1 unspecified atom stereocenters. The molecule has 1 atom stereocenters. The first kappa shape index (κ1) is 19.3. The Kier molecular flexibility index (Phi) is 5.44. The van der Waals surface area contributed by atoms with E-state index in [0.29, 0.717) is 27.5 Å². The molecule has 0 spiro atoms. The summed E-state index contributed by atoms with van der Waals surface area (Å²) in [6.45, 7) is 2.13. The summed E-state index contributed by atoms with van der Waals surface area (Å²) in [5.41, 5.74) is 1.17. The Hall–Kier alpha value is -3.00.